The van der Waals surface area contributed by atoms with E-state index in [1.807, 2.05) is 0 Å². The summed E-state index contributed by atoms with van der Waals surface area (Å²) in [6, 6.07) is 4.21. The Hall–Kier alpha value is -0.540. The van der Waals surface area contributed by atoms with Crippen LogP contribution in [-0.4, -0.2) is 11.1 Å². The summed E-state index contributed by atoms with van der Waals surface area (Å²) in [7, 11) is 0. The third-order valence-electron chi connectivity index (χ3n) is 1.89. The second-order valence-electron chi connectivity index (χ2n) is 2.91. The highest BCUT2D eigenvalue weighted by molar-refractivity contribution is 9.11. The highest BCUT2D eigenvalue weighted by atomic mass is 79.9. The van der Waals surface area contributed by atoms with E-state index in [4.69, 9.17) is 0 Å². The molecule has 72 valence electrons. The molecule has 13 heavy (non-hydrogen) atoms. The van der Waals surface area contributed by atoms with Crippen molar-refractivity contribution in [3.8, 4) is 0 Å². The van der Waals surface area contributed by atoms with Crippen molar-refractivity contribution in [3.05, 3.63) is 35.1 Å². The summed E-state index contributed by atoms with van der Waals surface area (Å²) in [5, 5.41) is 3.29. The normalized spacial score (nSPS) is 10.3. The van der Waals surface area contributed by atoms with Crippen LogP contribution in [0.5, 0.6) is 0 Å². The lowest BCUT2D eigenvalue weighted by atomic mass is 10.4. The lowest BCUT2D eigenvalue weighted by Gasteiger charge is -2.07. The quantitative estimate of drug-likeness (QED) is 0.840. The van der Waals surface area contributed by atoms with Gasteiger partial charge in [0.25, 0.3) is 0 Å². The first-order chi connectivity index (χ1) is 6.24. The minimum Gasteiger partial charge on any atom is -0.351 e. The average molecular weight is 243 g/mol. The molecule has 3 heteroatoms. The molecule has 1 heterocycles. The summed E-state index contributed by atoms with van der Waals surface area (Å²) >= 11 is 3.31. The molecule has 0 radical (unpaired) electrons. The van der Waals surface area contributed by atoms with Crippen LogP contribution in [0.4, 0.5) is 0 Å². The van der Waals surface area contributed by atoms with Crippen molar-refractivity contribution in [2.24, 2.45) is 0 Å². The molecular formula is C10H15BrN2. The number of aryl methyl sites for hydroxylation is 1. The first kappa shape index (κ1) is 10.5. The van der Waals surface area contributed by atoms with Crippen LogP contribution < -0.4 is 5.32 Å². The van der Waals surface area contributed by atoms with Gasteiger partial charge in [-0.15, -0.1) is 0 Å². The maximum Gasteiger partial charge on any atom is 0.0362 e. The summed E-state index contributed by atoms with van der Waals surface area (Å²) < 4.78 is 3.21. The molecule has 0 spiro atoms. The number of halogens is 1. The zero-order valence-corrected chi connectivity index (χ0v) is 9.47. The lowest BCUT2D eigenvalue weighted by molar-refractivity contribution is 0.657. The summed E-state index contributed by atoms with van der Waals surface area (Å²) in [6.45, 7) is 8.65. The van der Waals surface area contributed by atoms with Crippen LogP contribution >= 0.6 is 15.9 Å². The number of nitrogens with zero attached hydrogens (tertiary/aromatic N) is 1. The molecule has 1 aromatic rings. The first-order valence-electron chi connectivity index (χ1n) is 4.42. The predicted octanol–water partition coefficient (Wildman–Crippen LogP) is 2.51. The van der Waals surface area contributed by atoms with Gasteiger partial charge in [-0.1, -0.05) is 22.5 Å². The molecule has 0 fully saturated rings. The molecule has 1 N–H and O–H groups in total. The van der Waals surface area contributed by atoms with Crippen LogP contribution in [0.3, 0.4) is 0 Å². The second kappa shape index (κ2) is 5.25. The predicted molar refractivity (Wildman–Crippen MR) is 59.9 cm³/mol. The summed E-state index contributed by atoms with van der Waals surface area (Å²) in [5.41, 5.74) is 1.32. The molecular weight excluding hydrogens is 228 g/mol. The molecule has 0 aliphatic carbocycles. The monoisotopic (exact) mass is 242 g/mol. The van der Waals surface area contributed by atoms with Gasteiger partial charge in [0.1, 0.15) is 0 Å². The Labute approximate surface area is 87.8 Å². The fourth-order valence-electron chi connectivity index (χ4n) is 1.24. The Morgan fingerprint density at radius 3 is 3.08 bits per heavy atom. The highest BCUT2D eigenvalue weighted by Crippen LogP contribution is 2.02. The van der Waals surface area contributed by atoms with Crippen molar-refractivity contribution in [1.82, 2.24) is 9.88 Å². The van der Waals surface area contributed by atoms with Crippen molar-refractivity contribution >= 4 is 15.9 Å². The lowest BCUT2D eigenvalue weighted by Crippen LogP contribution is -2.16. The maximum atomic E-state index is 3.76. The van der Waals surface area contributed by atoms with Gasteiger partial charge < -0.3 is 9.88 Å². The Bertz CT molecular complexity index is 278. The molecule has 0 bridgehead atoms. The summed E-state index contributed by atoms with van der Waals surface area (Å²) in [4.78, 5) is 0. The van der Waals surface area contributed by atoms with Crippen molar-refractivity contribution in [1.29, 1.82) is 0 Å². The Balaban J connectivity index is 2.40. The Morgan fingerprint density at radius 1 is 1.69 bits per heavy atom. The van der Waals surface area contributed by atoms with Crippen molar-refractivity contribution < 1.29 is 0 Å². The van der Waals surface area contributed by atoms with Gasteiger partial charge in [-0.05, 0) is 19.1 Å². The Kier molecular flexibility index (Phi) is 4.25. The largest absolute Gasteiger partial charge is 0.351 e. The third-order valence-corrected chi connectivity index (χ3v) is 2.17. The van der Waals surface area contributed by atoms with Crippen LogP contribution in [0, 0.1) is 0 Å². The van der Waals surface area contributed by atoms with E-state index >= 15 is 0 Å². The van der Waals surface area contributed by atoms with Crippen LogP contribution in [0.15, 0.2) is 29.4 Å². The number of rotatable bonds is 5. The molecule has 1 aromatic heterocycles. The zero-order valence-electron chi connectivity index (χ0n) is 7.89. The fraction of sp³-hybridized carbons (Fsp3) is 0.400. The fourth-order valence-corrected chi connectivity index (χ4v) is 1.44. The van der Waals surface area contributed by atoms with Crippen molar-refractivity contribution in [2.75, 3.05) is 6.54 Å². The van der Waals surface area contributed by atoms with Gasteiger partial charge >= 0.3 is 0 Å². The molecule has 0 unspecified atom stereocenters. The van der Waals surface area contributed by atoms with Crippen LogP contribution in [0.1, 0.15) is 12.6 Å². The average Bonchev–Trinajstić information content (AvgIpc) is 2.51. The Morgan fingerprint density at radius 2 is 2.46 bits per heavy atom. The van der Waals surface area contributed by atoms with E-state index in [9.17, 15) is 0 Å². The molecule has 0 aliphatic heterocycles. The molecule has 0 saturated heterocycles. The van der Waals surface area contributed by atoms with E-state index in [0.717, 1.165) is 24.1 Å². The van der Waals surface area contributed by atoms with Gasteiger partial charge in [0, 0.05) is 36.0 Å². The van der Waals surface area contributed by atoms with Gasteiger partial charge in [0.2, 0.25) is 0 Å². The molecule has 2 nitrogen and oxygen atoms in total. The molecule has 0 saturated carbocycles. The number of aromatic nitrogens is 1. The van der Waals surface area contributed by atoms with E-state index in [-0.39, 0.29) is 0 Å². The zero-order chi connectivity index (χ0) is 9.68. The molecule has 0 atom stereocenters. The standard InChI is InChI=1S/C10H15BrN2/c1-3-13-6-4-5-10(13)8-12-7-9(2)11/h4-6,12H,2-3,7-8H2,1H3. The van der Waals surface area contributed by atoms with Gasteiger partial charge in [0.05, 0.1) is 0 Å². The van der Waals surface area contributed by atoms with Gasteiger partial charge in [-0.2, -0.15) is 0 Å². The van der Waals surface area contributed by atoms with Crippen LogP contribution in [0.2, 0.25) is 0 Å². The first-order valence-corrected chi connectivity index (χ1v) is 5.21. The van der Waals surface area contributed by atoms with E-state index < -0.39 is 0 Å². The summed E-state index contributed by atoms with van der Waals surface area (Å²) in [6.07, 6.45) is 2.10. The van der Waals surface area contributed by atoms with E-state index in [2.05, 4.69) is 57.6 Å². The minimum absolute atomic E-state index is 0.814. The van der Waals surface area contributed by atoms with Crippen LogP contribution in [-0.2, 0) is 13.1 Å². The van der Waals surface area contributed by atoms with E-state index in [0.29, 0.717) is 0 Å². The summed E-state index contributed by atoms with van der Waals surface area (Å²) in [5.74, 6) is 0. The van der Waals surface area contributed by atoms with E-state index in [1.54, 1.807) is 0 Å². The van der Waals surface area contributed by atoms with Gasteiger partial charge in [-0.25, -0.2) is 0 Å². The number of nitrogens with one attached hydrogen (secondary N) is 1. The highest BCUT2D eigenvalue weighted by Gasteiger charge is 1.97. The second-order valence-corrected chi connectivity index (χ2v) is 4.03. The van der Waals surface area contributed by atoms with Gasteiger partial charge in [0.15, 0.2) is 0 Å². The minimum atomic E-state index is 0.814. The number of hydrogen-bond acceptors (Lipinski definition) is 1. The topological polar surface area (TPSA) is 17.0 Å². The molecule has 0 amide bonds. The van der Waals surface area contributed by atoms with Crippen LogP contribution in [0.25, 0.3) is 0 Å². The molecule has 0 aromatic carbocycles. The van der Waals surface area contributed by atoms with E-state index in [1.165, 1.54) is 5.69 Å². The number of hydrogen-bond donors (Lipinski definition) is 1. The SMILES string of the molecule is C=C(Br)CNCc1cccn1CC. The van der Waals surface area contributed by atoms with Gasteiger partial charge in [-0.3, -0.25) is 0 Å². The smallest absolute Gasteiger partial charge is 0.0362 e. The van der Waals surface area contributed by atoms with Crippen molar-refractivity contribution in [2.45, 2.75) is 20.0 Å². The maximum absolute atomic E-state index is 3.76. The molecule has 1 rings (SSSR count). The third kappa shape index (κ3) is 3.36. The van der Waals surface area contributed by atoms with Crippen molar-refractivity contribution in [3.63, 3.8) is 0 Å². The molecule has 0 aliphatic rings.